The largest absolute Gasteiger partial charge is 0.493 e. The topological polar surface area (TPSA) is 202 Å². The molecular weight excluding hydrogens is 620 g/mol. The van der Waals surface area contributed by atoms with E-state index < -0.39 is 53.5 Å². The van der Waals surface area contributed by atoms with Crippen LogP contribution in [0.15, 0.2) is 18.2 Å². The predicted molar refractivity (Wildman–Crippen MR) is 183 cm³/mol. The molecule has 1 aromatic carbocycles. The quantitative estimate of drug-likeness (QED) is 0.114. The molecule has 274 valence electrons. The van der Waals surface area contributed by atoms with Crippen LogP contribution in [0.2, 0.25) is 0 Å². The first-order valence-corrected chi connectivity index (χ1v) is 16.7. The Morgan fingerprint density at radius 3 is 2.10 bits per heavy atom. The van der Waals surface area contributed by atoms with Crippen LogP contribution in [0.25, 0.3) is 0 Å². The summed E-state index contributed by atoms with van der Waals surface area (Å²) in [5, 5.41) is 17.1. The lowest BCUT2D eigenvalue weighted by Crippen LogP contribution is -2.51. The molecule has 1 rings (SSSR count). The molecule has 13 heteroatoms. The van der Waals surface area contributed by atoms with E-state index >= 15 is 0 Å². The number of primary amides is 2. The van der Waals surface area contributed by atoms with Gasteiger partial charge in [-0.15, -0.1) is 0 Å². The van der Waals surface area contributed by atoms with Crippen LogP contribution in [-0.2, 0) is 30.3 Å². The Kier molecular flexibility index (Phi) is 18.3. The van der Waals surface area contributed by atoms with Crippen molar-refractivity contribution in [3.05, 3.63) is 23.8 Å². The maximum atomic E-state index is 13.4. The van der Waals surface area contributed by atoms with Crippen molar-refractivity contribution in [3.63, 3.8) is 0 Å². The first-order chi connectivity index (χ1) is 22.4. The molecule has 0 spiro atoms. The molecule has 1 aromatic rings. The minimum Gasteiger partial charge on any atom is -0.493 e. The third-order valence-electron chi connectivity index (χ3n) is 8.12. The molecule has 0 unspecified atom stereocenters. The average Bonchev–Trinajstić information content (AvgIpc) is 2.97. The van der Waals surface area contributed by atoms with Gasteiger partial charge in [0.1, 0.15) is 11.6 Å². The number of nitrogens with two attached hydrogens (primary N) is 2. The van der Waals surface area contributed by atoms with E-state index in [1.54, 1.807) is 35.0 Å². The Hall–Kier alpha value is -3.58. The van der Waals surface area contributed by atoms with Crippen LogP contribution in [0.1, 0.15) is 86.1 Å². The minimum atomic E-state index is -1.15. The van der Waals surface area contributed by atoms with E-state index in [2.05, 4.69) is 24.5 Å². The molecule has 0 saturated heterocycles. The van der Waals surface area contributed by atoms with Gasteiger partial charge in [0.2, 0.25) is 17.7 Å². The number of rotatable bonds is 22. The first-order valence-electron chi connectivity index (χ1n) is 16.7. The van der Waals surface area contributed by atoms with Gasteiger partial charge >= 0.3 is 6.09 Å². The zero-order valence-corrected chi connectivity index (χ0v) is 30.3. The number of methoxy groups -OCH3 is 2. The summed E-state index contributed by atoms with van der Waals surface area (Å²) in [6.45, 7) is 14.1. The highest BCUT2D eigenvalue weighted by atomic mass is 16.6. The SMILES string of the molecule is COCCCOc1cc(C[C@@H](C[C@H](NC(=O)OC(C)(C)C)[C@@H](O)C[C@H](C(=O)N[C@@H](CCC(N)=O)C(N)=O)C(C)C)C(C)C)ccc1OC. The Labute approximate surface area is 286 Å². The second-order valence-electron chi connectivity index (χ2n) is 14.0. The van der Waals surface area contributed by atoms with Crippen molar-refractivity contribution in [3.8, 4) is 11.5 Å². The van der Waals surface area contributed by atoms with E-state index in [-0.39, 0.29) is 37.0 Å². The molecule has 0 aliphatic heterocycles. The number of hydrogen-bond donors (Lipinski definition) is 5. The molecule has 0 bridgehead atoms. The number of aliphatic hydroxyl groups excluding tert-OH is 1. The number of benzene rings is 1. The van der Waals surface area contributed by atoms with Gasteiger partial charge in [-0.25, -0.2) is 4.79 Å². The summed E-state index contributed by atoms with van der Waals surface area (Å²) in [6, 6.07) is 3.91. The summed E-state index contributed by atoms with van der Waals surface area (Å²) in [7, 11) is 3.23. The lowest BCUT2D eigenvalue weighted by atomic mass is 9.80. The molecule has 7 N–H and O–H groups in total. The van der Waals surface area contributed by atoms with E-state index in [0.717, 1.165) is 12.0 Å². The molecule has 4 amide bonds. The number of hydrogen-bond acceptors (Lipinski definition) is 9. The van der Waals surface area contributed by atoms with Gasteiger partial charge in [-0.1, -0.05) is 33.8 Å². The summed E-state index contributed by atoms with van der Waals surface area (Å²) >= 11 is 0. The van der Waals surface area contributed by atoms with Gasteiger partial charge in [-0.2, -0.15) is 0 Å². The van der Waals surface area contributed by atoms with Gasteiger partial charge in [0, 0.05) is 32.5 Å². The third-order valence-corrected chi connectivity index (χ3v) is 8.12. The van der Waals surface area contributed by atoms with Gasteiger partial charge in [-0.05, 0) is 81.9 Å². The molecule has 0 radical (unpaired) electrons. The van der Waals surface area contributed by atoms with Crippen molar-refractivity contribution >= 4 is 23.8 Å². The van der Waals surface area contributed by atoms with Gasteiger partial charge in [-0.3, -0.25) is 14.4 Å². The molecule has 0 aliphatic rings. The lowest BCUT2D eigenvalue weighted by molar-refractivity contribution is -0.132. The highest BCUT2D eigenvalue weighted by molar-refractivity contribution is 5.88. The smallest absolute Gasteiger partial charge is 0.407 e. The van der Waals surface area contributed by atoms with Crippen molar-refractivity contribution in [1.29, 1.82) is 0 Å². The highest BCUT2D eigenvalue weighted by Crippen LogP contribution is 2.32. The number of ether oxygens (including phenoxy) is 4. The van der Waals surface area contributed by atoms with Crippen LogP contribution in [0, 0.1) is 23.7 Å². The molecule has 5 atom stereocenters. The molecule has 0 saturated carbocycles. The van der Waals surface area contributed by atoms with Crippen molar-refractivity contribution in [2.45, 2.75) is 111 Å². The molecule has 48 heavy (non-hydrogen) atoms. The van der Waals surface area contributed by atoms with Crippen molar-refractivity contribution in [2.24, 2.45) is 35.1 Å². The molecule has 13 nitrogen and oxygen atoms in total. The third kappa shape index (κ3) is 16.0. The summed E-state index contributed by atoms with van der Waals surface area (Å²) in [6.07, 6.45) is -0.295. The summed E-state index contributed by atoms with van der Waals surface area (Å²) in [4.78, 5) is 49.7. The fourth-order valence-corrected chi connectivity index (χ4v) is 5.29. The van der Waals surface area contributed by atoms with E-state index in [0.29, 0.717) is 37.6 Å². The Bertz CT molecular complexity index is 1170. The fraction of sp³-hybridized carbons (Fsp3) is 0.714. The van der Waals surface area contributed by atoms with Crippen molar-refractivity contribution < 1.29 is 43.2 Å². The van der Waals surface area contributed by atoms with Gasteiger partial charge in [0.25, 0.3) is 0 Å². The number of amides is 4. The zero-order valence-electron chi connectivity index (χ0n) is 30.3. The number of alkyl carbamates (subject to hydrolysis) is 1. The number of aliphatic hydroxyl groups is 1. The second kappa shape index (κ2) is 20.7. The lowest BCUT2D eigenvalue weighted by Gasteiger charge is -2.33. The van der Waals surface area contributed by atoms with Crippen molar-refractivity contribution in [2.75, 3.05) is 27.4 Å². The van der Waals surface area contributed by atoms with Crippen LogP contribution in [0.3, 0.4) is 0 Å². The predicted octanol–water partition coefficient (Wildman–Crippen LogP) is 3.47. The second-order valence-corrected chi connectivity index (χ2v) is 14.0. The summed E-state index contributed by atoms with van der Waals surface area (Å²) < 4.78 is 22.1. The zero-order chi connectivity index (χ0) is 36.6. The Balaban J connectivity index is 3.30. The molecule has 0 aliphatic carbocycles. The Morgan fingerprint density at radius 1 is 0.917 bits per heavy atom. The van der Waals surface area contributed by atoms with E-state index in [4.69, 9.17) is 30.4 Å². The molecular formula is C35H60N4O9. The van der Waals surface area contributed by atoms with E-state index in [1.807, 2.05) is 32.0 Å². The van der Waals surface area contributed by atoms with Crippen LogP contribution in [-0.4, -0.2) is 80.1 Å². The van der Waals surface area contributed by atoms with Crippen molar-refractivity contribution in [1.82, 2.24) is 10.6 Å². The summed E-state index contributed by atoms with van der Waals surface area (Å²) in [5.41, 5.74) is 10.9. The highest BCUT2D eigenvalue weighted by Gasteiger charge is 2.34. The minimum absolute atomic E-state index is 0.00584. The number of carbonyl (C=O) groups excluding carboxylic acids is 4. The normalized spacial score (nSPS) is 14.8. The number of carbonyl (C=O) groups is 4. The first kappa shape index (κ1) is 42.4. The van der Waals surface area contributed by atoms with Gasteiger partial charge in [0.15, 0.2) is 11.5 Å². The standard InChI is InChI=1S/C35H60N4O9/c1-21(2)24(17-23-11-13-29(46-9)30(18-23)47-16-10-15-45-8)19-27(39-34(44)48-35(5,6)7)28(40)20-25(22(3)4)33(43)38-26(32(37)42)12-14-31(36)41/h11,13,18,21-22,24-28,40H,10,12,14-17,19-20H2,1-9H3,(H2,36,41)(H2,37,42)(H,38,43)(H,39,44)/t24-,25-,26-,27-,28-/m0/s1. The maximum absolute atomic E-state index is 13.4. The number of nitrogens with one attached hydrogen (secondary N) is 2. The van der Waals surface area contributed by atoms with Crippen LogP contribution in [0.4, 0.5) is 4.79 Å². The van der Waals surface area contributed by atoms with Gasteiger partial charge in [0.05, 0.1) is 25.9 Å². The van der Waals surface area contributed by atoms with Crippen LogP contribution in [0.5, 0.6) is 11.5 Å². The average molecular weight is 681 g/mol. The maximum Gasteiger partial charge on any atom is 0.407 e. The molecule has 0 heterocycles. The Morgan fingerprint density at radius 2 is 1.58 bits per heavy atom. The molecule has 0 fully saturated rings. The van der Waals surface area contributed by atoms with Crippen LogP contribution >= 0.6 is 0 Å². The fourth-order valence-electron chi connectivity index (χ4n) is 5.29. The van der Waals surface area contributed by atoms with E-state index in [1.165, 1.54) is 0 Å². The van der Waals surface area contributed by atoms with Crippen LogP contribution < -0.4 is 31.6 Å². The van der Waals surface area contributed by atoms with Gasteiger partial charge < -0.3 is 46.2 Å². The monoisotopic (exact) mass is 680 g/mol. The molecule has 0 aromatic heterocycles. The van der Waals surface area contributed by atoms with E-state index in [9.17, 15) is 24.3 Å². The summed E-state index contributed by atoms with van der Waals surface area (Å²) in [5.74, 6) is -1.51.